The van der Waals surface area contributed by atoms with E-state index in [0.29, 0.717) is 0 Å². The number of carbonyl (C=O) groups is 1. The maximum atomic E-state index is 12.0. The molecule has 2 atom stereocenters. The van der Waals surface area contributed by atoms with Gasteiger partial charge in [-0.3, -0.25) is 9.78 Å². The summed E-state index contributed by atoms with van der Waals surface area (Å²) in [4.78, 5) is 16.1. The van der Waals surface area contributed by atoms with Gasteiger partial charge in [0.1, 0.15) is 0 Å². The summed E-state index contributed by atoms with van der Waals surface area (Å²) in [6, 6.07) is 3.90. The first-order chi connectivity index (χ1) is 8.27. The van der Waals surface area contributed by atoms with E-state index in [9.17, 15) is 4.79 Å². The van der Waals surface area contributed by atoms with E-state index in [2.05, 4.69) is 15.6 Å². The van der Waals surface area contributed by atoms with Crippen molar-refractivity contribution in [3.63, 3.8) is 0 Å². The molecular formula is C13H19N3O. The summed E-state index contributed by atoms with van der Waals surface area (Å²) in [6.45, 7) is 3.82. The molecule has 1 aromatic rings. The lowest BCUT2D eigenvalue weighted by Crippen LogP contribution is -2.41. The molecule has 0 spiro atoms. The lowest BCUT2D eigenvalue weighted by Gasteiger charge is -2.24. The minimum Gasteiger partial charge on any atom is -0.349 e. The third-order valence-electron chi connectivity index (χ3n) is 3.21. The van der Waals surface area contributed by atoms with Crippen molar-refractivity contribution in [2.24, 2.45) is 5.92 Å². The number of nitrogens with zero attached hydrogens (tertiary/aromatic N) is 1. The lowest BCUT2D eigenvalue weighted by atomic mass is 9.98. The number of nitrogens with one attached hydrogen (secondary N) is 2. The number of carbonyl (C=O) groups excluding carboxylic acids is 1. The molecule has 1 amide bonds. The highest BCUT2D eigenvalue weighted by Gasteiger charge is 2.22. The first-order valence-electron chi connectivity index (χ1n) is 6.18. The molecular weight excluding hydrogens is 214 g/mol. The van der Waals surface area contributed by atoms with Gasteiger partial charge in [0.2, 0.25) is 5.91 Å². The standard InChI is InChI=1S/C13H19N3O/c1-10(11-4-2-6-14-8-11)16-13(17)12-5-3-7-15-9-12/h2,4,6,8,10,12,15H,3,5,7,9H2,1H3,(H,16,17)/t10-,12-/m0/s1. The fourth-order valence-electron chi connectivity index (χ4n) is 2.12. The van der Waals surface area contributed by atoms with Gasteiger partial charge in [-0.25, -0.2) is 0 Å². The fourth-order valence-corrected chi connectivity index (χ4v) is 2.12. The van der Waals surface area contributed by atoms with Crippen molar-refractivity contribution in [2.45, 2.75) is 25.8 Å². The second-order valence-electron chi connectivity index (χ2n) is 4.56. The second kappa shape index (κ2) is 5.77. The molecule has 0 bridgehead atoms. The Balaban J connectivity index is 1.89. The van der Waals surface area contributed by atoms with E-state index in [0.717, 1.165) is 31.5 Å². The van der Waals surface area contributed by atoms with Gasteiger partial charge in [-0.15, -0.1) is 0 Å². The van der Waals surface area contributed by atoms with Crippen LogP contribution in [-0.2, 0) is 4.79 Å². The van der Waals surface area contributed by atoms with Crippen molar-refractivity contribution in [1.82, 2.24) is 15.6 Å². The number of amides is 1. The Hall–Kier alpha value is -1.42. The van der Waals surface area contributed by atoms with Crippen LogP contribution in [-0.4, -0.2) is 24.0 Å². The van der Waals surface area contributed by atoms with Crippen molar-refractivity contribution in [2.75, 3.05) is 13.1 Å². The average Bonchev–Trinajstić information content (AvgIpc) is 2.40. The van der Waals surface area contributed by atoms with Crippen molar-refractivity contribution in [3.05, 3.63) is 30.1 Å². The number of pyridine rings is 1. The van der Waals surface area contributed by atoms with Crippen LogP contribution in [0, 0.1) is 5.92 Å². The third-order valence-corrected chi connectivity index (χ3v) is 3.21. The monoisotopic (exact) mass is 233 g/mol. The lowest BCUT2D eigenvalue weighted by molar-refractivity contribution is -0.126. The van der Waals surface area contributed by atoms with Gasteiger partial charge in [0.25, 0.3) is 0 Å². The average molecular weight is 233 g/mol. The van der Waals surface area contributed by atoms with Crippen molar-refractivity contribution >= 4 is 5.91 Å². The Morgan fingerprint density at radius 3 is 3.18 bits per heavy atom. The number of hydrogen-bond donors (Lipinski definition) is 2. The maximum Gasteiger partial charge on any atom is 0.224 e. The Labute approximate surface area is 102 Å². The minimum atomic E-state index is 0.0260. The summed E-state index contributed by atoms with van der Waals surface area (Å²) >= 11 is 0. The highest BCUT2D eigenvalue weighted by molar-refractivity contribution is 5.79. The molecule has 0 aromatic carbocycles. The molecule has 4 heteroatoms. The molecule has 2 N–H and O–H groups in total. The zero-order valence-electron chi connectivity index (χ0n) is 10.1. The van der Waals surface area contributed by atoms with Crippen LogP contribution in [0.2, 0.25) is 0 Å². The van der Waals surface area contributed by atoms with Gasteiger partial charge in [-0.05, 0) is 37.9 Å². The highest BCUT2D eigenvalue weighted by Crippen LogP contribution is 2.14. The van der Waals surface area contributed by atoms with Crippen LogP contribution >= 0.6 is 0 Å². The molecule has 1 aromatic heterocycles. The van der Waals surface area contributed by atoms with Crippen LogP contribution < -0.4 is 10.6 Å². The highest BCUT2D eigenvalue weighted by atomic mass is 16.1. The smallest absolute Gasteiger partial charge is 0.224 e. The number of rotatable bonds is 3. The van der Waals surface area contributed by atoms with Gasteiger partial charge < -0.3 is 10.6 Å². The van der Waals surface area contributed by atoms with Gasteiger partial charge in [0.15, 0.2) is 0 Å². The van der Waals surface area contributed by atoms with E-state index in [4.69, 9.17) is 0 Å². The molecule has 0 aliphatic carbocycles. The van der Waals surface area contributed by atoms with E-state index in [1.807, 2.05) is 19.1 Å². The molecule has 1 aliphatic heterocycles. The maximum absolute atomic E-state index is 12.0. The molecule has 92 valence electrons. The summed E-state index contributed by atoms with van der Waals surface area (Å²) in [7, 11) is 0. The Bertz CT molecular complexity index is 360. The largest absolute Gasteiger partial charge is 0.349 e. The zero-order chi connectivity index (χ0) is 12.1. The summed E-state index contributed by atoms with van der Waals surface area (Å²) in [5, 5.41) is 6.30. The van der Waals surface area contributed by atoms with Gasteiger partial charge >= 0.3 is 0 Å². The number of hydrogen-bond acceptors (Lipinski definition) is 3. The molecule has 4 nitrogen and oxygen atoms in total. The first-order valence-corrected chi connectivity index (χ1v) is 6.18. The van der Waals surface area contributed by atoms with E-state index < -0.39 is 0 Å². The van der Waals surface area contributed by atoms with Crippen molar-refractivity contribution < 1.29 is 4.79 Å². The van der Waals surface area contributed by atoms with E-state index in [1.54, 1.807) is 12.4 Å². The zero-order valence-corrected chi connectivity index (χ0v) is 10.1. The molecule has 2 heterocycles. The van der Waals surface area contributed by atoms with Crippen LogP contribution in [0.25, 0.3) is 0 Å². The van der Waals surface area contributed by atoms with Gasteiger partial charge in [0, 0.05) is 18.9 Å². The summed E-state index contributed by atoms with van der Waals surface area (Å²) in [5.41, 5.74) is 1.05. The molecule has 2 rings (SSSR count). The van der Waals surface area contributed by atoms with Gasteiger partial charge in [-0.1, -0.05) is 6.07 Å². The Morgan fingerprint density at radius 2 is 2.53 bits per heavy atom. The number of piperidine rings is 1. The summed E-state index contributed by atoms with van der Waals surface area (Å²) in [6.07, 6.45) is 5.60. The first kappa shape index (κ1) is 12.0. The second-order valence-corrected chi connectivity index (χ2v) is 4.56. The molecule has 0 radical (unpaired) electrons. The molecule has 1 saturated heterocycles. The predicted octanol–water partition coefficient (Wildman–Crippen LogP) is 1.26. The Morgan fingerprint density at radius 1 is 1.65 bits per heavy atom. The summed E-state index contributed by atoms with van der Waals surface area (Å²) in [5.74, 6) is 0.261. The number of aromatic nitrogens is 1. The molecule has 17 heavy (non-hydrogen) atoms. The van der Waals surface area contributed by atoms with Crippen LogP contribution in [0.1, 0.15) is 31.4 Å². The minimum absolute atomic E-state index is 0.0260. The van der Waals surface area contributed by atoms with E-state index in [-0.39, 0.29) is 17.9 Å². The van der Waals surface area contributed by atoms with Crippen LogP contribution in [0.5, 0.6) is 0 Å². The van der Waals surface area contributed by atoms with Crippen LogP contribution in [0.4, 0.5) is 0 Å². The van der Waals surface area contributed by atoms with Gasteiger partial charge in [-0.2, -0.15) is 0 Å². The Kier molecular flexibility index (Phi) is 4.09. The quantitative estimate of drug-likeness (QED) is 0.826. The molecule has 0 saturated carbocycles. The molecule has 1 fully saturated rings. The summed E-state index contributed by atoms with van der Waals surface area (Å²) < 4.78 is 0. The molecule has 0 unspecified atom stereocenters. The van der Waals surface area contributed by atoms with Crippen molar-refractivity contribution in [1.29, 1.82) is 0 Å². The van der Waals surface area contributed by atoms with E-state index in [1.165, 1.54) is 0 Å². The predicted molar refractivity (Wildman–Crippen MR) is 66.4 cm³/mol. The van der Waals surface area contributed by atoms with Crippen LogP contribution in [0.3, 0.4) is 0 Å². The topological polar surface area (TPSA) is 54.0 Å². The third kappa shape index (κ3) is 3.27. The SMILES string of the molecule is C[C@H](NC(=O)[C@H]1CCCNC1)c1cccnc1. The fraction of sp³-hybridized carbons (Fsp3) is 0.538. The normalized spacial score (nSPS) is 21.8. The van der Waals surface area contributed by atoms with E-state index >= 15 is 0 Å². The molecule has 1 aliphatic rings. The van der Waals surface area contributed by atoms with Crippen molar-refractivity contribution in [3.8, 4) is 0 Å². The van der Waals surface area contributed by atoms with Gasteiger partial charge in [0.05, 0.1) is 12.0 Å². The van der Waals surface area contributed by atoms with Crippen LogP contribution in [0.15, 0.2) is 24.5 Å².